The van der Waals surface area contributed by atoms with E-state index in [9.17, 15) is 5.26 Å². The maximum absolute atomic E-state index is 9.30. The van der Waals surface area contributed by atoms with Gasteiger partial charge in [0, 0.05) is 19.8 Å². The van der Waals surface area contributed by atoms with Gasteiger partial charge in [-0.25, -0.2) is 4.98 Å². The first-order valence-corrected chi connectivity index (χ1v) is 9.18. The number of hydrogen-bond acceptors (Lipinski definition) is 6. The third-order valence-electron chi connectivity index (χ3n) is 4.09. The van der Waals surface area contributed by atoms with Crippen LogP contribution in [0, 0.1) is 34.0 Å². The minimum Gasteiger partial charge on any atom is -0.378 e. The Kier molecular flexibility index (Phi) is 5.51. The van der Waals surface area contributed by atoms with Crippen LogP contribution in [0.15, 0.2) is 48.0 Å². The molecule has 0 atom stereocenters. The van der Waals surface area contributed by atoms with Crippen molar-refractivity contribution < 1.29 is 0 Å². The first-order chi connectivity index (χ1) is 13.5. The van der Waals surface area contributed by atoms with E-state index in [0.717, 1.165) is 27.0 Å². The highest BCUT2D eigenvalue weighted by Crippen LogP contribution is 2.29. The van der Waals surface area contributed by atoms with Crippen molar-refractivity contribution in [3.63, 3.8) is 0 Å². The first kappa shape index (κ1) is 18.9. The number of nitrogens with zero attached hydrogens (tertiary/aromatic N) is 5. The number of fused-ring (bicyclic) bond motifs is 1. The maximum Gasteiger partial charge on any atom is 0.150 e. The summed E-state index contributed by atoms with van der Waals surface area (Å²) < 4.78 is 0.892. The monoisotopic (exact) mass is 381 g/mol. The van der Waals surface area contributed by atoms with Gasteiger partial charge >= 0.3 is 0 Å². The summed E-state index contributed by atoms with van der Waals surface area (Å²) in [5, 5.41) is 27.7. The van der Waals surface area contributed by atoms with Gasteiger partial charge in [-0.3, -0.25) is 0 Å². The van der Waals surface area contributed by atoms with E-state index in [1.165, 1.54) is 11.3 Å². The lowest BCUT2D eigenvalue weighted by Crippen LogP contribution is -2.07. The van der Waals surface area contributed by atoms with Crippen molar-refractivity contribution in [2.24, 2.45) is 0 Å². The largest absolute Gasteiger partial charge is 0.378 e. The predicted molar refractivity (Wildman–Crippen MR) is 113 cm³/mol. The lowest BCUT2D eigenvalue weighted by Gasteiger charge is -2.11. The average molecular weight is 381 g/mol. The Labute approximate surface area is 167 Å². The summed E-state index contributed by atoms with van der Waals surface area (Å²) >= 11 is 1.30. The molecule has 0 radical (unpaired) electrons. The Morgan fingerprint density at radius 2 is 1.57 bits per heavy atom. The van der Waals surface area contributed by atoms with Gasteiger partial charge in [0.1, 0.15) is 34.4 Å². The Bertz CT molecular complexity index is 1190. The number of benzene rings is 2. The summed E-state index contributed by atoms with van der Waals surface area (Å²) in [6.07, 6.45) is 4.05. The van der Waals surface area contributed by atoms with Crippen LogP contribution in [0.3, 0.4) is 0 Å². The first-order valence-electron chi connectivity index (χ1n) is 8.36. The molecule has 0 N–H and O–H groups in total. The molecule has 6 heteroatoms. The van der Waals surface area contributed by atoms with Crippen LogP contribution in [0.4, 0.5) is 5.69 Å². The Morgan fingerprint density at radius 3 is 2.18 bits per heavy atom. The van der Waals surface area contributed by atoms with Gasteiger partial charge in [-0.05, 0) is 35.4 Å². The number of rotatable bonds is 4. The van der Waals surface area contributed by atoms with Gasteiger partial charge in [-0.1, -0.05) is 30.4 Å². The molecule has 0 saturated heterocycles. The summed E-state index contributed by atoms with van der Waals surface area (Å²) in [5.41, 5.74) is 3.77. The quantitative estimate of drug-likeness (QED) is 0.476. The van der Waals surface area contributed by atoms with Crippen LogP contribution in [0.1, 0.15) is 16.1 Å². The van der Waals surface area contributed by atoms with Crippen LogP contribution in [0.5, 0.6) is 0 Å². The maximum atomic E-state index is 9.30. The van der Waals surface area contributed by atoms with Gasteiger partial charge in [0.25, 0.3) is 0 Å². The van der Waals surface area contributed by atoms with Crippen molar-refractivity contribution in [1.82, 2.24) is 4.98 Å². The molecule has 3 aromatic rings. The van der Waals surface area contributed by atoms with E-state index >= 15 is 0 Å². The van der Waals surface area contributed by atoms with Crippen LogP contribution in [0.2, 0.25) is 0 Å². The fourth-order valence-electron chi connectivity index (χ4n) is 2.58. The Balaban J connectivity index is 1.91. The summed E-state index contributed by atoms with van der Waals surface area (Å²) in [7, 11) is 4.01. The fourth-order valence-corrected chi connectivity index (χ4v) is 3.59. The number of anilines is 1. The third-order valence-corrected chi connectivity index (χ3v) is 5.13. The minimum atomic E-state index is -0.220. The number of hydrogen-bond donors (Lipinski definition) is 0. The highest BCUT2D eigenvalue weighted by Gasteiger charge is 2.14. The van der Waals surface area contributed by atoms with Crippen LogP contribution in [0.25, 0.3) is 27.9 Å². The molecule has 0 bridgehead atoms. The second-order valence-corrected chi connectivity index (χ2v) is 7.18. The molecule has 1 aromatic heterocycles. The molecule has 3 rings (SSSR count). The molecule has 0 unspecified atom stereocenters. The smallest absolute Gasteiger partial charge is 0.150 e. The molecule has 0 aliphatic carbocycles. The van der Waals surface area contributed by atoms with E-state index in [4.69, 9.17) is 10.5 Å². The van der Waals surface area contributed by atoms with E-state index < -0.39 is 0 Å². The van der Waals surface area contributed by atoms with E-state index in [2.05, 4.69) is 34.1 Å². The number of nitriles is 3. The second kappa shape index (κ2) is 8.18. The Hall–Kier alpha value is -3.92. The molecule has 0 fully saturated rings. The van der Waals surface area contributed by atoms with E-state index in [1.54, 1.807) is 12.1 Å². The molecule has 28 heavy (non-hydrogen) atoms. The van der Waals surface area contributed by atoms with Crippen molar-refractivity contribution >= 4 is 45.0 Å². The summed E-state index contributed by atoms with van der Waals surface area (Å²) in [4.78, 5) is 6.45. The molecule has 0 saturated carbocycles. The lowest BCUT2D eigenvalue weighted by molar-refractivity contribution is 1.13. The SMILES string of the molecule is CN(C)c1ccc(/C=C/c2ccc3nc(C(C#N)=C(C#N)C#N)sc3c2)cc1. The van der Waals surface area contributed by atoms with Crippen molar-refractivity contribution in [3.8, 4) is 18.2 Å². The molecular formula is C22H15N5S. The van der Waals surface area contributed by atoms with E-state index in [1.807, 2.05) is 50.5 Å². The van der Waals surface area contributed by atoms with Gasteiger partial charge in [-0.15, -0.1) is 11.3 Å². The lowest BCUT2D eigenvalue weighted by atomic mass is 10.1. The fraction of sp³-hybridized carbons (Fsp3) is 0.0909. The molecule has 0 amide bonds. The van der Waals surface area contributed by atoms with Crippen molar-refractivity contribution in [1.29, 1.82) is 15.8 Å². The highest BCUT2D eigenvalue weighted by molar-refractivity contribution is 7.19. The van der Waals surface area contributed by atoms with Crippen molar-refractivity contribution in [3.05, 3.63) is 64.2 Å². The molecule has 2 aromatic carbocycles. The molecule has 134 valence electrons. The zero-order chi connectivity index (χ0) is 20.1. The minimum absolute atomic E-state index is 0.0178. The normalized spacial score (nSPS) is 10.2. The van der Waals surface area contributed by atoms with Crippen LogP contribution in [-0.4, -0.2) is 19.1 Å². The van der Waals surface area contributed by atoms with Crippen molar-refractivity contribution in [2.75, 3.05) is 19.0 Å². The number of allylic oxidation sites excluding steroid dienone is 2. The number of thiazole rings is 1. The molecule has 0 aliphatic heterocycles. The van der Waals surface area contributed by atoms with Gasteiger partial charge < -0.3 is 4.90 Å². The van der Waals surface area contributed by atoms with Gasteiger partial charge in [0.05, 0.1) is 10.2 Å². The Morgan fingerprint density at radius 1 is 0.929 bits per heavy atom. The standard InChI is InChI=1S/C22H15N5S/c1-27(2)18-8-5-15(6-9-18)3-4-16-7-10-20-21(11-16)28-22(26-20)19(14-25)17(12-23)13-24/h3-11H,1-2H3/b4-3+. The van der Waals surface area contributed by atoms with Crippen LogP contribution in [-0.2, 0) is 0 Å². The molecule has 5 nitrogen and oxygen atoms in total. The third kappa shape index (κ3) is 3.91. The van der Waals surface area contributed by atoms with Crippen molar-refractivity contribution in [2.45, 2.75) is 0 Å². The highest BCUT2D eigenvalue weighted by atomic mass is 32.1. The molecule has 0 spiro atoms. The second-order valence-electron chi connectivity index (χ2n) is 6.15. The molecule has 0 aliphatic rings. The predicted octanol–water partition coefficient (Wildman–Crippen LogP) is 4.86. The average Bonchev–Trinajstić information content (AvgIpc) is 3.13. The zero-order valence-corrected chi connectivity index (χ0v) is 16.2. The topological polar surface area (TPSA) is 87.5 Å². The van der Waals surface area contributed by atoms with E-state index in [0.29, 0.717) is 5.01 Å². The van der Waals surface area contributed by atoms with Crippen LogP contribution >= 0.6 is 11.3 Å². The van der Waals surface area contributed by atoms with Crippen LogP contribution < -0.4 is 4.90 Å². The van der Waals surface area contributed by atoms with Gasteiger partial charge in [0.15, 0.2) is 0 Å². The number of aromatic nitrogens is 1. The van der Waals surface area contributed by atoms with E-state index in [-0.39, 0.29) is 11.1 Å². The summed E-state index contributed by atoms with van der Waals surface area (Å²) in [5.74, 6) is 0. The van der Waals surface area contributed by atoms with Gasteiger partial charge in [0.2, 0.25) is 0 Å². The summed E-state index contributed by atoms with van der Waals surface area (Å²) in [6.45, 7) is 0. The molecular weight excluding hydrogens is 366 g/mol. The van der Waals surface area contributed by atoms with Gasteiger partial charge in [-0.2, -0.15) is 15.8 Å². The molecule has 1 heterocycles. The summed E-state index contributed by atoms with van der Waals surface area (Å²) in [6, 6.07) is 19.5. The zero-order valence-electron chi connectivity index (χ0n) is 15.3.